The molecule has 1 aromatic rings. The average Bonchev–Trinajstić information content (AvgIpc) is 2.22. The molecule has 0 fully saturated rings. The first-order valence-corrected chi connectivity index (χ1v) is 5.29. The van der Waals surface area contributed by atoms with E-state index in [0.29, 0.717) is 5.56 Å². The predicted octanol–water partition coefficient (Wildman–Crippen LogP) is 2.69. The smallest absolute Gasteiger partial charge is 0.126 e. The fourth-order valence-corrected chi connectivity index (χ4v) is 1.81. The summed E-state index contributed by atoms with van der Waals surface area (Å²) in [7, 11) is 3.75. The van der Waals surface area contributed by atoms with Crippen molar-refractivity contribution in [2.45, 2.75) is 25.8 Å². The van der Waals surface area contributed by atoms with Crippen molar-refractivity contribution in [1.29, 1.82) is 5.26 Å². The summed E-state index contributed by atoms with van der Waals surface area (Å²) < 4.78 is 13.1. The lowest BCUT2D eigenvalue weighted by molar-refractivity contribution is 0.316. The van der Waals surface area contributed by atoms with Crippen LogP contribution in [0, 0.1) is 24.1 Å². The van der Waals surface area contributed by atoms with Crippen LogP contribution in [0.2, 0.25) is 0 Å². The Morgan fingerprint density at radius 1 is 1.38 bits per heavy atom. The highest BCUT2D eigenvalue weighted by atomic mass is 19.1. The fraction of sp³-hybridized carbons (Fsp3) is 0.462. The number of likely N-dealkylation sites (N-methyl/N-ethyl adjacent to an activating group) is 1. The first-order valence-electron chi connectivity index (χ1n) is 5.29. The maximum Gasteiger partial charge on any atom is 0.126 e. The maximum atomic E-state index is 13.1. The van der Waals surface area contributed by atoms with Crippen molar-refractivity contribution in [3.05, 3.63) is 35.1 Å². The Morgan fingerprint density at radius 3 is 2.44 bits per heavy atom. The van der Waals surface area contributed by atoms with Gasteiger partial charge in [0.1, 0.15) is 11.9 Å². The summed E-state index contributed by atoms with van der Waals surface area (Å²) in [5.74, 6) is -0.131. The zero-order chi connectivity index (χ0) is 12.3. The highest BCUT2D eigenvalue weighted by Crippen LogP contribution is 2.23. The van der Waals surface area contributed by atoms with Crippen LogP contribution in [0.25, 0.3) is 0 Å². The van der Waals surface area contributed by atoms with E-state index in [1.54, 1.807) is 13.0 Å². The first-order chi connectivity index (χ1) is 7.47. The van der Waals surface area contributed by atoms with Gasteiger partial charge in [0.2, 0.25) is 0 Å². The largest absolute Gasteiger partial charge is 0.294 e. The molecule has 16 heavy (non-hydrogen) atoms. The maximum absolute atomic E-state index is 13.1. The van der Waals surface area contributed by atoms with E-state index >= 15 is 0 Å². The normalized spacial score (nSPS) is 14.6. The Morgan fingerprint density at radius 2 is 2.00 bits per heavy atom. The van der Waals surface area contributed by atoms with Crippen molar-refractivity contribution in [1.82, 2.24) is 4.90 Å². The summed E-state index contributed by atoms with van der Waals surface area (Å²) in [4.78, 5) is 1.88. The second-order valence-corrected chi connectivity index (χ2v) is 4.33. The number of benzene rings is 1. The fourth-order valence-electron chi connectivity index (χ4n) is 1.81. The van der Waals surface area contributed by atoms with Gasteiger partial charge in [0.25, 0.3) is 0 Å². The Bertz CT molecular complexity index is 407. The zero-order valence-electron chi connectivity index (χ0n) is 10.2. The summed E-state index contributed by atoms with van der Waals surface area (Å²) in [5, 5.41) is 9.09. The van der Waals surface area contributed by atoms with Crippen LogP contribution in [0.4, 0.5) is 4.39 Å². The molecule has 0 radical (unpaired) electrons. The van der Waals surface area contributed by atoms with Gasteiger partial charge in [-0.05, 0) is 38.2 Å². The number of halogens is 1. The molecule has 0 aliphatic heterocycles. The van der Waals surface area contributed by atoms with E-state index in [1.165, 1.54) is 6.07 Å². The molecule has 1 rings (SSSR count). The van der Waals surface area contributed by atoms with Gasteiger partial charge in [-0.2, -0.15) is 5.26 Å². The monoisotopic (exact) mass is 220 g/mol. The average molecular weight is 220 g/mol. The molecule has 0 spiro atoms. The number of nitriles is 1. The Labute approximate surface area is 96.3 Å². The van der Waals surface area contributed by atoms with Crippen molar-refractivity contribution in [2.24, 2.45) is 0 Å². The third kappa shape index (κ3) is 2.59. The van der Waals surface area contributed by atoms with Gasteiger partial charge in [-0.15, -0.1) is 0 Å². The molecule has 0 N–H and O–H groups in total. The molecule has 2 unspecified atom stereocenters. The summed E-state index contributed by atoms with van der Waals surface area (Å²) in [6.07, 6.45) is 0. The van der Waals surface area contributed by atoms with E-state index in [0.717, 1.165) is 5.56 Å². The summed E-state index contributed by atoms with van der Waals surface area (Å²) in [5.41, 5.74) is 1.62. The van der Waals surface area contributed by atoms with Gasteiger partial charge in [0, 0.05) is 5.92 Å². The minimum Gasteiger partial charge on any atom is -0.294 e. The number of hydrogen-bond donors (Lipinski definition) is 0. The van der Waals surface area contributed by atoms with Gasteiger partial charge in [-0.3, -0.25) is 4.90 Å². The molecule has 0 amide bonds. The second-order valence-electron chi connectivity index (χ2n) is 4.33. The molecule has 0 aliphatic carbocycles. The van der Waals surface area contributed by atoms with Crippen LogP contribution in [0.1, 0.15) is 24.0 Å². The quantitative estimate of drug-likeness (QED) is 0.783. The minimum atomic E-state index is -0.200. The molecular formula is C13H17FN2. The number of nitrogens with zero attached hydrogens (tertiary/aromatic N) is 2. The van der Waals surface area contributed by atoms with Gasteiger partial charge in [-0.1, -0.05) is 19.1 Å². The minimum absolute atomic E-state index is 0.0688. The van der Waals surface area contributed by atoms with E-state index < -0.39 is 0 Å². The number of aryl methyl sites for hydroxylation is 1. The van der Waals surface area contributed by atoms with E-state index in [4.69, 9.17) is 5.26 Å². The van der Waals surface area contributed by atoms with Crippen LogP contribution in [0.15, 0.2) is 18.2 Å². The molecule has 2 atom stereocenters. The van der Waals surface area contributed by atoms with Gasteiger partial charge in [0.05, 0.1) is 6.07 Å². The van der Waals surface area contributed by atoms with Crippen LogP contribution in [-0.2, 0) is 0 Å². The Balaban J connectivity index is 3.00. The highest BCUT2D eigenvalue weighted by Gasteiger charge is 2.20. The molecule has 0 heterocycles. The highest BCUT2D eigenvalue weighted by molar-refractivity contribution is 5.28. The van der Waals surface area contributed by atoms with Crippen LogP contribution in [-0.4, -0.2) is 25.0 Å². The van der Waals surface area contributed by atoms with Gasteiger partial charge < -0.3 is 0 Å². The summed E-state index contributed by atoms with van der Waals surface area (Å²) in [6, 6.07) is 7.10. The topological polar surface area (TPSA) is 27.0 Å². The second kappa shape index (κ2) is 5.09. The third-order valence-corrected chi connectivity index (χ3v) is 2.87. The van der Waals surface area contributed by atoms with Crippen molar-refractivity contribution in [3.63, 3.8) is 0 Å². The molecule has 3 heteroatoms. The summed E-state index contributed by atoms with van der Waals surface area (Å²) in [6.45, 7) is 3.73. The van der Waals surface area contributed by atoms with Crippen molar-refractivity contribution >= 4 is 0 Å². The van der Waals surface area contributed by atoms with E-state index in [9.17, 15) is 4.39 Å². The molecule has 0 aromatic heterocycles. The molecule has 2 nitrogen and oxygen atoms in total. The van der Waals surface area contributed by atoms with Crippen LogP contribution >= 0.6 is 0 Å². The Kier molecular flexibility index (Phi) is 4.03. The molecule has 0 saturated heterocycles. The molecule has 0 bridgehead atoms. The van der Waals surface area contributed by atoms with E-state index in [1.807, 2.05) is 32.0 Å². The van der Waals surface area contributed by atoms with Crippen molar-refractivity contribution < 1.29 is 4.39 Å². The number of hydrogen-bond acceptors (Lipinski definition) is 2. The van der Waals surface area contributed by atoms with Crippen LogP contribution in [0.3, 0.4) is 0 Å². The lowest BCUT2D eigenvalue weighted by Gasteiger charge is -2.24. The Hall–Kier alpha value is -1.40. The van der Waals surface area contributed by atoms with Crippen molar-refractivity contribution in [3.8, 4) is 6.07 Å². The predicted molar refractivity (Wildman–Crippen MR) is 62.6 cm³/mol. The molecule has 86 valence electrons. The van der Waals surface area contributed by atoms with Crippen molar-refractivity contribution in [2.75, 3.05) is 14.1 Å². The van der Waals surface area contributed by atoms with Gasteiger partial charge in [0.15, 0.2) is 0 Å². The molecule has 1 aromatic carbocycles. The van der Waals surface area contributed by atoms with E-state index in [-0.39, 0.29) is 17.8 Å². The standard InChI is InChI=1S/C13H17FN2/c1-9-7-11(5-6-12(9)14)10(2)13(8-15)16(3)4/h5-7,10,13H,1-4H3. The van der Waals surface area contributed by atoms with Crippen LogP contribution in [0.5, 0.6) is 0 Å². The summed E-state index contributed by atoms with van der Waals surface area (Å²) >= 11 is 0. The van der Waals surface area contributed by atoms with E-state index in [2.05, 4.69) is 6.07 Å². The lowest BCUT2D eigenvalue weighted by Crippen LogP contribution is -2.31. The SMILES string of the molecule is Cc1cc(C(C)C(C#N)N(C)C)ccc1F. The first kappa shape index (κ1) is 12.7. The van der Waals surface area contributed by atoms with Gasteiger partial charge in [-0.25, -0.2) is 4.39 Å². The molecule has 0 saturated carbocycles. The zero-order valence-corrected chi connectivity index (χ0v) is 10.2. The van der Waals surface area contributed by atoms with Crippen LogP contribution < -0.4 is 0 Å². The molecule has 0 aliphatic rings. The number of rotatable bonds is 3. The lowest BCUT2D eigenvalue weighted by atomic mass is 9.92. The molecular weight excluding hydrogens is 203 g/mol. The third-order valence-electron chi connectivity index (χ3n) is 2.87. The van der Waals surface area contributed by atoms with Gasteiger partial charge >= 0.3 is 0 Å².